The van der Waals surface area contributed by atoms with Gasteiger partial charge >= 0.3 is 5.97 Å². The van der Waals surface area contributed by atoms with Crippen molar-refractivity contribution in [3.8, 4) is 0 Å². The summed E-state index contributed by atoms with van der Waals surface area (Å²) in [5.74, 6) is -1.90. The molecule has 7 nitrogen and oxygen atoms in total. The van der Waals surface area contributed by atoms with Crippen LogP contribution < -0.4 is 5.32 Å². The van der Waals surface area contributed by atoms with Crippen molar-refractivity contribution in [2.24, 2.45) is 0 Å². The van der Waals surface area contributed by atoms with E-state index in [4.69, 9.17) is 16.7 Å². The maximum absolute atomic E-state index is 12.0. The summed E-state index contributed by atoms with van der Waals surface area (Å²) in [6, 6.07) is 2.38. The number of nitro benzene ring substituents is 1. The molecule has 0 saturated carbocycles. The zero-order valence-corrected chi connectivity index (χ0v) is 12.1. The number of nitro groups is 1. The first-order valence-corrected chi connectivity index (χ1v) is 6.72. The smallest absolute Gasteiger partial charge is 0.326 e. The third kappa shape index (κ3) is 4.71. The van der Waals surface area contributed by atoms with Crippen LogP contribution in [0.3, 0.4) is 0 Å². The Morgan fingerprint density at radius 1 is 1.48 bits per heavy atom. The highest BCUT2D eigenvalue weighted by Gasteiger charge is 2.22. The van der Waals surface area contributed by atoms with E-state index in [2.05, 4.69) is 5.32 Å². The van der Waals surface area contributed by atoms with Crippen LogP contribution in [0.15, 0.2) is 18.2 Å². The lowest BCUT2D eigenvalue weighted by Crippen LogP contribution is -2.40. The minimum Gasteiger partial charge on any atom is -0.480 e. The fraction of sp³-hybridized carbons (Fsp3) is 0.385. The predicted molar refractivity (Wildman–Crippen MR) is 76.5 cm³/mol. The summed E-state index contributed by atoms with van der Waals surface area (Å²) in [7, 11) is 0. The van der Waals surface area contributed by atoms with Crippen molar-refractivity contribution < 1.29 is 19.6 Å². The Morgan fingerprint density at radius 3 is 2.67 bits per heavy atom. The molecule has 0 heterocycles. The van der Waals surface area contributed by atoms with Crippen molar-refractivity contribution in [1.82, 2.24) is 5.32 Å². The minimum absolute atomic E-state index is 0.0257. The van der Waals surface area contributed by atoms with Gasteiger partial charge in [-0.25, -0.2) is 4.79 Å². The lowest BCUT2D eigenvalue weighted by Gasteiger charge is -2.14. The lowest BCUT2D eigenvalue weighted by atomic mass is 10.1. The number of rotatable bonds is 7. The molecule has 0 fully saturated rings. The van der Waals surface area contributed by atoms with E-state index in [1.807, 2.05) is 6.92 Å². The van der Waals surface area contributed by atoms with E-state index in [0.717, 1.165) is 12.5 Å². The van der Waals surface area contributed by atoms with Crippen LogP contribution in [0.2, 0.25) is 5.02 Å². The predicted octanol–water partition coefficient (Wildman–Crippen LogP) is 2.62. The maximum atomic E-state index is 12.0. The van der Waals surface area contributed by atoms with Gasteiger partial charge in [0.25, 0.3) is 11.6 Å². The van der Waals surface area contributed by atoms with Crippen LogP contribution in [0, 0.1) is 10.1 Å². The highest BCUT2D eigenvalue weighted by Crippen LogP contribution is 2.22. The molecule has 1 atom stereocenters. The Morgan fingerprint density at radius 2 is 2.14 bits per heavy atom. The summed E-state index contributed by atoms with van der Waals surface area (Å²) < 4.78 is 0. The van der Waals surface area contributed by atoms with Gasteiger partial charge in [-0.15, -0.1) is 0 Å². The van der Waals surface area contributed by atoms with E-state index in [9.17, 15) is 19.7 Å². The Kier molecular flexibility index (Phi) is 6.10. The molecule has 8 heteroatoms. The third-order valence-corrected chi connectivity index (χ3v) is 3.18. The standard InChI is InChI=1S/C13H15ClN2O5/c1-2-3-4-11(13(18)19)15-12(17)9-7-8(16(20)21)5-6-10(9)14/h5-7,11H,2-4H2,1H3,(H,15,17)(H,18,19). The number of halogens is 1. The summed E-state index contributed by atoms with van der Waals surface area (Å²) in [6.07, 6.45) is 1.71. The van der Waals surface area contributed by atoms with E-state index in [0.29, 0.717) is 6.42 Å². The van der Waals surface area contributed by atoms with Gasteiger partial charge in [0.1, 0.15) is 6.04 Å². The minimum atomic E-state index is -1.15. The summed E-state index contributed by atoms with van der Waals surface area (Å²) >= 11 is 5.83. The molecule has 1 aromatic rings. The molecule has 0 aliphatic carbocycles. The molecule has 0 bridgehead atoms. The van der Waals surface area contributed by atoms with Gasteiger partial charge in [0, 0.05) is 12.1 Å². The molecule has 0 aliphatic rings. The quantitative estimate of drug-likeness (QED) is 0.594. The molecule has 21 heavy (non-hydrogen) atoms. The van der Waals surface area contributed by atoms with Gasteiger partial charge in [-0.1, -0.05) is 31.4 Å². The fourth-order valence-corrected chi connectivity index (χ4v) is 1.91. The van der Waals surface area contributed by atoms with Gasteiger partial charge in [0.15, 0.2) is 0 Å². The van der Waals surface area contributed by atoms with E-state index >= 15 is 0 Å². The Bertz CT molecular complexity index is 561. The first-order chi connectivity index (χ1) is 9.86. The average Bonchev–Trinajstić information content (AvgIpc) is 2.42. The molecule has 114 valence electrons. The average molecular weight is 315 g/mol. The van der Waals surface area contributed by atoms with Crippen LogP contribution in [-0.4, -0.2) is 27.9 Å². The lowest BCUT2D eigenvalue weighted by molar-refractivity contribution is -0.384. The molecule has 1 unspecified atom stereocenters. The summed E-state index contributed by atoms with van der Waals surface area (Å²) in [4.78, 5) is 33.2. The number of hydrogen-bond acceptors (Lipinski definition) is 4. The SMILES string of the molecule is CCCCC(NC(=O)c1cc([N+](=O)[O-])ccc1Cl)C(=O)O. The van der Waals surface area contributed by atoms with E-state index in [1.54, 1.807) is 0 Å². The van der Waals surface area contributed by atoms with Crippen molar-refractivity contribution in [2.45, 2.75) is 32.2 Å². The van der Waals surface area contributed by atoms with Crippen LogP contribution in [0.5, 0.6) is 0 Å². The second-order valence-corrected chi connectivity index (χ2v) is 4.83. The number of nitrogens with one attached hydrogen (secondary N) is 1. The zero-order valence-electron chi connectivity index (χ0n) is 11.3. The number of carbonyl (C=O) groups is 2. The summed E-state index contributed by atoms with van der Waals surface area (Å²) in [5, 5.41) is 22.1. The van der Waals surface area contributed by atoms with Crippen molar-refractivity contribution in [2.75, 3.05) is 0 Å². The van der Waals surface area contributed by atoms with Gasteiger partial charge in [-0.2, -0.15) is 0 Å². The number of benzene rings is 1. The van der Waals surface area contributed by atoms with Crippen LogP contribution in [0.25, 0.3) is 0 Å². The highest BCUT2D eigenvalue weighted by molar-refractivity contribution is 6.34. The van der Waals surface area contributed by atoms with Crippen LogP contribution in [-0.2, 0) is 4.79 Å². The fourth-order valence-electron chi connectivity index (χ4n) is 1.70. The van der Waals surface area contributed by atoms with Gasteiger partial charge < -0.3 is 10.4 Å². The molecule has 1 amide bonds. The van der Waals surface area contributed by atoms with Crippen molar-refractivity contribution >= 4 is 29.2 Å². The largest absolute Gasteiger partial charge is 0.480 e. The number of carbonyl (C=O) groups excluding carboxylic acids is 1. The Balaban J connectivity index is 2.94. The van der Waals surface area contributed by atoms with Gasteiger partial charge in [-0.05, 0) is 12.5 Å². The number of carboxylic acid groups (broad SMARTS) is 1. The van der Waals surface area contributed by atoms with E-state index in [1.165, 1.54) is 12.1 Å². The highest BCUT2D eigenvalue weighted by atomic mass is 35.5. The summed E-state index contributed by atoms with van der Waals surface area (Å²) in [5.41, 5.74) is -0.404. The number of nitrogens with zero attached hydrogens (tertiary/aromatic N) is 1. The molecule has 0 aromatic heterocycles. The van der Waals surface area contributed by atoms with E-state index in [-0.39, 0.29) is 22.7 Å². The number of hydrogen-bond donors (Lipinski definition) is 2. The first kappa shape index (κ1) is 16.9. The van der Waals surface area contributed by atoms with E-state index < -0.39 is 22.8 Å². The third-order valence-electron chi connectivity index (χ3n) is 2.86. The topological polar surface area (TPSA) is 110 Å². The summed E-state index contributed by atoms with van der Waals surface area (Å²) in [6.45, 7) is 1.90. The molecular weight excluding hydrogens is 300 g/mol. The van der Waals surface area contributed by atoms with Crippen LogP contribution >= 0.6 is 11.6 Å². The van der Waals surface area contributed by atoms with Gasteiger partial charge in [0.05, 0.1) is 15.5 Å². The molecule has 0 saturated heterocycles. The number of carboxylic acids is 1. The second-order valence-electron chi connectivity index (χ2n) is 4.43. The van der Waals surface area contributed by atoms with Crippen molar-refractivity contribution in [1.29, 1.82) is 0 Å². The Hall–Kier alpha value is -2.15. The molecule has 1 aromatic carbocycles. The number of amides is 1. The number of aliphatic carboxylic acids is 1. The van der Waals surface area contributed by atoms with Crippen LogP contribution in [0.1, 0.15) is 36.5 Å². The molecule has 0 aliphatic heterocycles. The van der Waals surface area contributed by atoms with Crippen molar-refractivity contribution in [3.63, 3.8) is 0 Å². The zero-order chi connectivity index (χ0) is 16.0. The normalized spacial score (nSPS) is 11.7. The molecule has 0 spiro atoms. The maximum Gasteiger partial charge on any atom is 0.326 e. The van der Waals surface area contributed by atoms with Gasteiger partial charge in [0.2, 0.25) is 0 Å². The monoisotopic (exact) mass is 314 g/mol. The number of non-ortho nitro benzene ring substituents is 1. The number of unbranched alkanes of at least 4 members (excludes halogenated alkanes) is 1. The van der Waals surface area contributed by atoms with Crippen LogP contribution in [0.4, 0.5) is 5.69 Å². The molecule has 0 radical (unpaired) electrons. The van der Waals surface area contributed by atoms with Gasteiger partial charge in [-0.3, -0.25) is 14.9 Å². The molecular formula is C13H15ClN2O5. The molecule has 1 rings (SSSR count). The first-order valence-electron chi connectivity index (χ1n) is 6.34. The van der Waals surface area contributed by atoms with Crippen molar-refractivity contribution in [3.05, 3.63) is 38.9 Å². The molecule has 2 N–H and O–H groups in total. The second kappa shape index (κ2) is 7.58. The Labute approximate surface area is 126 Å².